The van der Waals surface area contributed by atoms with Gasteiger partial charge in [-0.25, -0.2) is 4.79 Å². The Morgan fingerprint density at radius 2 is 1.63 bits per heavy atom. The third kappa shape index (κ3) is 6.83. The molecule has 3 atom stereocenters. The maximum atomic E-state index is 14.1. The normalized spacial score (nSPS) is 24.3. The first-order chi connectivity index (χ1) is 18.5. The molecule has 3 aliphatic rings. The molecule has 1 aromatic carbocycles. The summed E-state index contributed by atoms with van der Waals surface area (Å²) in [4.78, 5) is 34.3. The van der Waals surface area contributed by atoms with Gasteiger partial charge in [0.15, 0.2) is 0 Å². The highest BCUT2D eigenvalue weighted by molar-refractivity contribution is 6.30. The van der Waals surface area contributed by atoms with E-state index >= 15 is 0 Å². The first-order valence-electron chi connectivity index (χ1n) is 15.0. The lowest BCUT2D eigenvalue weighted by Gasteiger charge is -2.48. The van der Waals surface area contributed by atoms with Gasteiger partial charge in [0.05, 0.1) is 6.04 Å². The Hall–Kier alpha value is -1.83. The Morgan fingerprint density at radius 3 is 2.21 bits per heavy atom. The molecule has 1 aromatic rings. The molecule has 38 heavy (non-hydrogen) atoms. The van der Waals surface area contributed by atoms with Gasteiger partial charge in [-0.1, -0.05) is 43.0 Å². The second-order valence-electron chi connectivity index (χ2n) is 11.4. The van der Waals surface area contributed by atoms with Gasteiger partial charge in [-0.05, 0) is 96.0 Å². The Balaban J connectivity index is 1.50. The first-order valence-corrected chi connectivity index (χ1v) is 15.4. The first kappa shape index (κ1) is 29.2. The molecule has 0 spiro atoms. The van der Waals surface area contributed by atoms with Gasteiger partial charge in [0, 0.05) is 42.3 Å². The number of hydrogen-bond donors (Lipinski definition) is 2. The topological polar surface area (TPSA) is 81.9 Å². The Bertz CT molecular complexity index is 888. The molecule has 0 radical (unpaired) electrons. The molecule has 2 unspecified atom stereocenters. The fourth-order valence-electron chi connectivity index (χ4n) is 7.02. The van der Waals surface area contributed by atoms with E-state index in [4.69, 9.17) is 17.3 Å². The van der Waals surface area contributed by atoms with E-state index in [2.05, 4.69) is 29.0 Å². The Kier molecular flexibility index (Phi) is 10.7. The van der Waals surface area contributed by atoms with Crippen molar-refractivity contribution in [2.75, 3.05) is 26.2 Å². The van der Waals surface area contributed by atoms with Crippen LogP contribution in [-0.4, -0.2) is 83.0 Å². The Morgan fingerprint density at radius 1 is 1.00 bits per heavy atom. The number of amides is 3. The molecule has 2 saturated heterocycles. The van der Waals surface area contributed by atoms with E-state index in [9.17, 15) is 9.59 Å². The maximum absolute atomic E-state index is 14.1. The summed E-state index contributed by atoms with van der Waals surface area (Å²) in [6, 6.07) is 8.66. The van der Waals surface area contributed by atoms with Crippen LogP contribution < -0.4 is 11.1 Å². The highest BCUT2D eigenvalue weighted by atomic mass is 35.5. The highest BCUT2D eigenvalue weighted by Gasteiger charge is 2.48. The summed E-state index contributed by atoms with van der Waals surface area (Å²) in [6.45, 7) is 6.95. The molecule has 1 saturated carbocycles. The molecule has 3 fully saturated rings. The molecule has 1 aliphatic carbocycles. The standard InChI is InChI=1S/C30H48ClN5O2/c1-3-34(4-2)30(38)36(24-9-6-5-7-10-24)27-20-25-15-16-26(21-27)35(25)29(37)28(33-18-8-17-32)19-22-11-13-23(31)14-12-22/h11-14,24-28,33H,3-10,15-21,32H2,1-2H3/t25?,26?,27?,28-/m1/s1. The summed E-state index contributed by atoms with van der Waals surface area (Å²) in [5, 5.41) is 4.21. The largest absolute Gasteiger partial charge is 0.335 e. The lowest BCUT2D eigenvalue weighted by atomic mass is 9.89. The monoisotopic (exact) mass is 545 g/mol. The van der Waals surface area contributed by atoms with Gasteiger partial charge in [-0.2, -0.15) is 0 Å². The predicted octanol–water partition coefficient (Wildman–Crippen LogP) is 4.81. The number of nitrogens with one attached hydrogen (secondary N) is 1. The Labute approximate surface area is 234 Å². The summed E-state index contributed by atoms with van der Waals surface area (Å²) < 4.78 is 0. The molecule has 2 aliphatic heterocycles. The van der Waals surface area contributed by atoms with Gasteiger partial charge in [-0.3, -0.25) is 4.79 Å². The minimum Gasteiger partial charge on any atom is -0.335 e. The van der Waals surface area contributed by atoms with Gasteiger partial charge in [0.2, 0.25) is 5.91 Å². The molecule has 212 valence electrons. The average Bonchev–Trinajstić information content (AvgIpc) is 3.20. The SMILES string of the molecule is CCN(CC)C(=O)N(C1CCCCC1)C1CC2CCC(C1)N2C(=O)[C@@H](Cc1ccc(Cl)cc1)NCCCN. The molecule has 4 rings (SSSR count). The van der Waals surface area contributed by atoms with Crippen LogP contribution in [-0.2, 0) is 11.2 Å². The zero-order valence-electron chi connectivity index (χ0n) is 23.4. The number of piperidine rings is 1. The lowest BCUT2D eigenvalue weighted by Crippen LogP contribution is -2.61. The van der Waals surface area contributed by atoms with Crippen molar-refractivity contribution in [2.24, 2.45) is 5.73 Å². The molecule has 3 amide bonds. The summed E-state index contributed by atoms with van der Waals surface area (Å²) >= 11 is 6.10. The van der Waals surface area contributed by atoms with Gasteiger partial charge in [0.1, 0.15) is 0 Å². The van der Waals surface area contributed by atoms with E-state index in [0.29, 0.717) is 24.0 Å². The predicted molar refractivity (Wildman–Crippen MR) is 154 cm³/mol. The molecule has 7 nitrogen and oxygen atoms in total. The number of halogens is 1. The minimum absolute atomic E-state index is 0.196. The van der Waals surface area contributed by atoms with Gasteiger partial charge >= 0.3 is 6.03 Å². The molecular formula is C30H48ClN5O2. The number of hydrogen-bond acceptors (Lipinski definition) is 4. The smallest absolute Gasteiger partial charge is 0.320 e. The van der Waals surface area contributed by atoms with E-state index in [-0.39, 0.29) is 36.1 Å². The van der Waals surface area contributed by atoms with Crippen molar-refractivity contribution in [3.05, 3.63) is 34.9 Å². The molecule has 0 aromatic heterocycles. The van der Waals surface area contributed by atoms with E-state index in [1.165, 1.54) is 19.3 Å². The van der Waals surface area contributed by atoms with Crippen molar-refractivity contribution >= 4 is 23.5 Å². The van der Waals surface area contributed by atoms with Crippen molar-refractivity contribution in [2.45, 2.75) is 115 Å². The number of carbonyl (C=O) groups excluding carboxylic acids is 2. The minimum atomic E-state index is -0.283. The van der Waals surface area contributed by atoms with Gasteiger partial charge in [0.25, 0.3) is 0 Å². The number of rotatable bonds is 11. The third-order valence-electron chi connectivity index (χ3n) is 9.00. The second-order valence-corrected chi connectivity index (χ2v) is 11.8. The molecule has 8 heteroatoms. The summed E-state index contributed by atoms with van der Waals surface area (Å²) in [5.74, 6) is 0.196. The summed E-state index contributed by atoms with van der Waals surface area (Å²) in [5.41, 5.74) is 6.84. The zero-order valence-corrected chi connectivity index (χ0v) is 24.2. The number of carbonyl (C=O) groups is 2. The quantitative estimate of drug-likeness (QED) is 0.391. The molecule has 3 N–H and O–H groups in total. The summed E-state index contributed by atoms with van der Waals surface area (Å²) in [6.07, 6.45) is 11.2. The highest BCUT2D eigenvalue weighted by Crippen LogP contribution is 2.40. The summed E-state index contributed by atoms with van der Waals surface area (Å²) in [7, 11) is 0. The lowest BCUT2D eigenvalue weighted by molar-refractivity contribution is -0.139. The number of fused-ring (bicyclic) bond motifs is 2. The van der Waals surface area contributed by atoms with Crippen LogP contribution in [0.25, 0.3) is 0 Å². The van der Waals surface area contributed by atoms with Gasteiger partial charge < -0.3 is 25.8 Å². The van der Waals surface area contributed by atoms with Crippen LogP contribution in [0.2, 0.25) is 5.02 Å². The van der Waals surface area contributed by atoms with Crippen LogP contribution in [0.5, 0.6) is 0 Å². The van der Waals surface area contributed by atoms with E-state index in [1.807, 2.05) is 29.2 Å². The van der Waals surface area contributed by atoms with Crippen LogP contribution in [0.3, 0.4) is 0 Å². The van der Waals surface area contributed by atoms with Crippen LogP contribution in [0, 0.1) is 0 Å². The van der Waals surface area contributed by atoms with Crippen molar-refractivity contribution in [1.82, 2.24) is 20.0 Å². The number of nitrogens with zero attached hydrogens (tertiary/aromatic N) is 3. The van der Waals surface area contributed by atoms with Crippen LogP contribution in [0.15, 0.2) is 24.3 Å². The van der Waals surface area contributed by atoms with Crippen LogP contribution in [0.1, 0.15) is 83.6 Å². The van der Waals surface area contributed by atoms with E-state index in [1.54, 1.807) is 0 Å². The second kappa shape index (κ2) is 14.0. The van der Waals surface area contributed by atoms with Crippen LogP contribution in [0.4, 0.5) is 4.79 Å². The van der Waals surface area contributed by atoms with Crippen molar-refractivity contribution in [3.63, 3.8) is 0 Å². The molecule has 2 bridgehead atoms. The van der Waals surface area contributed by atoms with Crippen molar-refractivity contribution in [1.29, 1.82) is 0 Å². The average molecular weight is 546 g/mol. The number of nitrogens with two attached hydrogens (primary N) is 1. The van der Waals surface area contributed by atoms with Gasteiger partial charge in [-0.15, -0.1) is 0 Å². The van der Waals surface area contributed by atoms with Crippen LogP contribution >= 0.6 is 11.6 Å². The van der Waals surface area contributed by atoms with Crippen molar-refractivity contribution in [3.8, 4) is 0 Å². The number of benzene rings is 1. The fourth-order valence-corrected chi connectivity index (χ4v) is 7.15. The fraction of sp³-hybridized carbons (Fsp3) is 0.733. The zero-order chi connectivity index (χ0) is 27.1. The van der Waals surface area contributed by atoms with Crippen molar-refractivity contribution < 1.29 is 9.59 Å². The van der Waals surface area contributed by atoms with E-state index < -0.39 is 0 Å². The molecular weight excluding hydrogens is 498 g/mol. The molecule has 2 heterocycles. The third-order valence-corrected chi connectivity index (χ3v) is 9.25. The maximum Gasteiger partial charge on any atom is 0.320 e. The van der Waals surface area contributed by atoms with E-state index in [0.717, 1.165) is 70.1 Å². The number of urea groups is 1.